The SMILES string of the molecule is CC(C)CN=C1NC2CCCC2CS1. The Morgan fingerprint density at radius 3 is 3.14 bits per heavy atom. The number of hydrogen-bond acceptors (Lipinski definition) is 2. The highest BCUT2D eigenvalue weighted by Crippen LogP contribution is 2.32. The van der Waals surface area contributed by atoms with E-state index < -0.39 is 0 Å². The predicted molar refractivity (Wildman–Crippen MR) is 63.9 cm³/mol. The van der Waals surface area contributed by atoms with Gasteiger partial charge in [-0.05, 0) is 24.7 Å². The number of nitrogens with zero attached hydrogens (tertiary/aromatic N) is 1. The molecule has 1 aliphatic carbocycles. The third-order valence-corrected chi connectivity index (χ3v) is 4.12. The standard InChI is InChI=1S/C11H20N2S/c1-8(2)6-12-11-13-10-5-3-4-9(10)7-14-11/h8-10H,3-7H2,1-2H3,(H,12,13). The van der Waals surface area contributed by atoms with Gasteiger partial charge >= 0.3 is 0 Å². The molecular weight excluding hydrogens is 192 g/mol. The normalized spacial score (nSPS) is 34.6. The van der Waals surface area contributed by atoms with Crippen molar-refractivity contribution in [3.63, 3.8) is 0 Å². The first-order valence-corrected chi connectivity index (χ1v) is 6.68. The van der Waals surface area contributed by atoms with Gasteiger partial charge in [0.05, 0.1) is 0 Å². The Labute approximate surface area is 90.9 Å². The molecule has 1 saturated heterocycles. The zero-order chi connectivity index (χ0) is 9.97. The summed E-state index contributed by atoms with van der Waals surface area (Å²) in [7, 11) is 0. The van der Waals surface area contributed by atoms with E-state index in [1.54, 1.807) is 0 Å². The molecule has 2 unspecified atom stereocenters. The molecule has 2 nitrogen and oxygen atoms in total. The fraction of sp³-hybridized carbons (Fsp3) is 0.909. The van der Waals surface area contributed by atoms with Crippen molar-refractivity contribution in [1.82, 2.24) is 5.32 Å². The van der Waals surface area contributed by atoms with E-state index in [-0.39, 0.29) is 0 Å². The van der Waals surface area contributed by atoms with Crippen LogP contribution in [0.25, 0.3) is 0 Å². The summed E-state index contributed by atoms with van der Waals surface area (Å²) in [6.07, 6.45) is 4.18. The van der Waals surface area contributed by atoms with E-state index in [0.29, 0.717) is 5.92 Å². The van der Waals surface area contributed by atoms with Crippen LogP contribution < -0.4 is 5.32 Å². The Morgan fingerprint density at radius 2 is 2.36 bits per heavy atom. The van der Waals surface area contributed by atoms with Crippen LogP contribution in [-0.4, -0.2) is 23.5 Å². The highest BCUT2D eigenvalue weighted by molar-refractivity contribution is 8.13. The third kappa shape index (κ3) is 2.44. The third-order valence-electron chi connectivity index (χ3n) is 3.00. The van der Waals surface area contributed by atoms with Gasteiger partial charge in [0, 0.05) is 18.3 Å². The van der Waals surface area contributed by atoms with E-state index in [1.165, 1.54) is 30.2 Å². The zero-order valence-corrected chi connectivity index (χ0v) is 9.94. The molecule has 0 spiro atoms. The van der Waals surface area contributed by atoms with Gasteiger partial charge in [-0.3, -0.25) is 4.99 Å². The smallest absolute Gasteiger partial charge is 0.156 e. The van der Waals surface area contributed by atoms with E-state index >= 15 is 0 Å². The molecule has 2 atom stereocenters. The molecule has 2 rings (SSSR count). The number of rotatable bonds is 2. The summed E-state index contributed by atoms with van der Waals surface area (Å²) in [5.74, 6) is 2.87. The van der Waals surface area contributed by atoms with Gasteiger partial charge in [-0.15, -0.1) is 0 Å². The molecule has 1 saturated carbocycles. The predicted octanol–water partition coefficient (Wildman–Crippen LogP) is 2.50. The second-order valence-corrected chi connectivity index (χ2v) is 5.80. The van der Waals surface area contributed by atoms with Crippen molar-refractivity contribution in [2.45, 2.75) is 39.2 Å². The number of amidine groups is 1. The van der Waals surface area contributed by atoms with Gasteiger partial charge in [0.15, 0.2) is 5.17 Å². The van der Waals surface area contributed by atoms with Crippen molar-refractivity contribution in [3.05, 3.63) is 0 Å². The zero-order valence-electron chi connectivity index (χ0n) is 9.12. The molecule has 0 bridgehead atoms. The van der Waals surface area contributed by atoms with Crippen LogP contribution >= 0.6 is 11.8 Å². The molecular formula is C11H20N2S. The molecule has 1 aliphatic heterocycles. The maximum Gasteiger partial charge on any atom is 0.156 e. The number of fused-ring (bicyclic) bond motifs is 1. The summed E-state index contributed by atoms with van der Waals surface area (Å²) in [5, 5.41) is 4.78. The van der Waals surface area contributed by atoms with Gasteiger partial charge in [0.2, 0.25) is 0 Å². The minimum absolute atomic E-state index is 0.672. The first-order chi connectivity index (χ1) is 6.75. The van der Waals surface area contributed by atoms with Gasteiger partial charge in [-0.1, -0.05) is 32.0 Å². The lowest BCUT2D eigenvalue weighted by molar-refractivity contribution is 0.489. The molecule has 2 fully saturated rings. The molecule has 2 aliphatic rings. The van der Waals surface area contributed by atoms with Gasteiger partial charge < -0.3 is 5.32 Å². The van der Waals surface area contributed by atoms with Gasteiger partial charge in [-0.25, -0.2) is 0 Å². The Kier molecular flexibility index (Phi) is 3.37. The second kappa shape index (κ2) is 4.56. The van der Waals surface area contributed by atoms with Gasteiger partial charge in [0.25, 0.3) is 0 Å². The molecule has 80 valence electrons. The Hall–Kier alpha value is -0.180. The maximum atomic E-state index is 4.61. The highest BCUT2D eigenvalue weighted by Gasteiger charge is 2.31. The maximum absolute atomic E-state index is 4.61. The minimum Gasteiger partial charge on any atom is -0.362 e. The van der Waals surface area contributed by atoms with Crippen molar-refractivity contribution < 1.29 is 0 Å². The average molecular weight is 212 g/mol. The van der Waals surface area contributed by atoms with Gasteiger partial charge in [-0.2, -0.15) is 0 Å². The largest absolute Gasteiger partial charge is 0.362 e. The summed E-state index contributed by atoms with van der Waals surface area (Å²) in [4.78, 5) is 4.61. The lowest BCUT2D eigenvalue weighted by atomic mass is 10.1. The summed E-state index contributed by atoms with van der Waals surface area (Å²) < 4.78 is 0. The number of thioether (sulfide) groups is 1. The fourth-order valence-corrected chi connectivity index (χ4v) is 3.34. The Bertz CT molecular complexity index is 225. The van der Waals surface area contributed by atoms with Crippen LogP contribution in [0.5, 0.6) is 0 Å². The van der Waals surface area contributed by atoms with Crippen molar-refractivity contribution in [2.75, 3.05) is 12.3 Å². The first kappa shape index (κ1) is 10.3. The fourth-order valence-electron chi connectivity index (χ4n) is 2.17. The van der Waals surface area contributed by atoms with Gasteiger partial charge in [0.1, 0.15) is 0 Å². The number of nitrogens with one attached hydrogen (secondary N) is 1. The van der Waals surface area contributed by atoms with Crippen LogP contribution in [0.1, 0.15) is 33.1 Å². The Morgan fingerprint density at radius 1 is 1.50 bits per heavy atom. The number of hydrogen-bond donors (Lipinski definition) is 1. The highest BCUT2D eigenvalue weighted by atomic mass is 32.2. The monoisotopic (exact) mass is 212 g/mol. The first-order valence-electron chi connectivity index (χ1n) is 5.69. The van der Waals surface area contributed by atoms with Crippen LogP contribution in [0.3, 0.4) is 0 Å². The summed E-state index contributed by atoms with van der Waals surface area (Å²) in [5.41, 5.74) is 0. The topological polar surface area (TPSA) is 24.4 Å². The molecule has 0 aromatic heterocycles. The van der Waals surface area contributed by atoms with Crippen molar-refractivity contribution in [2.24, 2.45) is 16.8 Å². The molecule has 1 heterocycles. The van der Waals surface area contributed by atoms with E-state index in [9.17, 15) is 0 Å². The second-order valence-electron chi connectivity index (χ2n) is 4.79. The molecule has 0 aromatic carbocycles. The van der Waals surface area contributed by atoms with Crippen LogP contribution in [0.15, 0.2) is 4.99 Å². The van der Waals surface area contributed by atoms with Crippen molar-refractivity contribution in [3.8, 4) is 0 Å². The average Bonchev–Trinajstić information content (AvgIpc) is 2.61. The molecule has 0 amide bonds. The van der Waals surface area contributed by atoms with Crippen molar-refractivity contribution >= 4 is 16.9 Å². The molecule has 0 aromatic rings. The lowest BCUT2D eigenvalue weighted by Crippen LogP contribution is -2.41. The van der Waals surface area contributed by atoms with Crippen LogP contribution in [0, 0.1) is 11.8 Å². The minimum atomic E-state index is 0.672. The molecule has 3 heteroatoms. The van der Waals surface area contributed by atoms with E-state index in [4.69, 9.17) is 0 Å². The quantitative estimate of drug-likeness (QED) is 0.760. The molecule has 1 N–H and O–H groups in total. The van der Waals surface area contributed by atoms with E-state index in [0.717, 1.165) is 18.5 Å². The van der Waals surface area contributed by atoms with Crippen LogP contribution in [-0.2, 0) is 0 Å². The summed E-state index contributed by atoms with van der Waals surface area (Å²) in [6, 6.07) is 0.738. The van der Waals surface area contributed by atoms with E-state index in [2.05, 4.69) is 24.2 Å². The molecule has 14 heavy (non-hydrogen) atoms. The lowest BCUT2D eigenvalue weighted by Gasteiger charge is -2.28. The van der Waals surface area contributed by atoms with E-state index in [1.807, 2.05) is 11.8 Å². The van der Waals surface area contributed by atoms with Crippen LogP contribution in [0.2, 0.25) is 0 Å². The summed E-state index contributed by atoms with van der Waals surface area (Å²) >= 11 is 1.92. The Balaban J connectivity index is 1.87. The van der Waals surface area contributed by atoms with Crippen LogP contribution in [0.4, 0.5) is 0 Å². The number of aliphatic imine (C=N–C) groups is 1. The van der Waals surface area contributed by atoms with Crippen molar-refractivity contribution in [1.29, 1.82) is 0 Å². The molecule has 0 radical (unpaired) electrons. The summed E-state index contributed by atoms with van der Waals surface area (Å²) in [6.45, 7) is 5.40.